The SMILES string of the molecule is CC.Cc1ccc(N2CCC(N3Cc4ccccc4NC3=O)CC2)cc1. The van der Waals surface area contributed by atoms with Crippen LogP contribution in [0.5, 0.6) is 0 Å². The second-order valence-electron chi connectivity index (χ2n) is 6.77. The molecule has 2 aromatic rings. The fourth-order valence-corrected chi connectivity index (χ4v) is 3.71. The van der Waals surface area contributed by atoms with Crippen LogP contribution < -0.4 is 10.2 Å². The van der Waals surface area contributed by atoms with Crippen LogP contribution in [0.25, 0.3) is 0 Å². The molecule has 4 rings (SSSR count). The Bertz CT molecular complexity index is 733. The number of hydrogen-bond donors (Lipinski definition) is 1. The Morgan fingerprint density at radius 1 is 0.962 bits per heavy atom. The average Bonchev–Trinajstić information content (AvgIpc) is 2.70. The highest BCUT2D eigenvalue weighted by atomic mass is 16.2. The minimum atomic E-state index is 0.0440. The van der Waals surface area contributed by atoms with Crippen molar-refractivity contribution in [1.82, 2.24) is 4.90 Å². The summed E-state index contributed by atoms with van der Waals surface area (Å²) in [4.78, 5) is 16.9. The van der Waals surface area contributed by atoms with Crippen LogP contribution in [-0.2, 0) is 6.54 Å². The quantitative estimate of drug-likeness (QED) is 0.823. The van der Waals surface area contributed by atoms with Gasteiger partial charge in [0.15, 0.2) is 0 Å². The Balaban J connectivity index is 0.000000948. The number of aryl methyl sites for hydroxylation is 1. The lowest BCUT2D eigenvalue weighted by atomic mass is 10.0. The van der Waals surface area contributed by atoms with Gasteiger partial charge in [0, 0.05) is 37.1 Å². The van der Waals surface area contributed by atoms with Crippen LogP contribution in [-0.4, -0.2) is 30.1 Å². The van der Waals surface area contributed by atoms with E-state index in [2.05, 4.69) is 47.5 Å². The minimum Gasteiger partial charge on any atom is -0.371 e. The molecule has 2 aromatic carbocycles. The number of urea groups is 1. The Morgan fingerprint density at radius 2 is 1.62 bits per heavy atom. The molecule has 4 heteroatoms. The van der Waals surface area contributed by atoms with Crippen LogP contribution in [0.3, 0.4) is 0 Å². The van der Waals surface area contributed by atoms with E-state index in [1.807, 2.05) is 36.9 Å². The first-order valence-electron chi connectivity index (χ1n) is 9.68. The van der Waals surface area contributed by atoms with Gasteiger partial charge in [0.05, 0.1) is 0 Å². The Labute approximate surface area is 156 Å². The number of hydrogen-bond acceptors (Lipinski definition) is 2. The van der Waals surface area contributed by atoms with Gasteiger partial charge in [-0.3, -0.25) is 0 Å². The first-order valence-corrected chi connectivity index (χ1v) is 9.68. The van der Waals surface area contributed by atoms with Gasteiger partial charge in [0.1, 0.15) is 0 Å². The fraction of sp³-hybridized carbons (Fsp3) is 0.409. The lowest BCUT2D eigenvalue weighted by molar-refractivity contribution is 0.167. The molecule has 1 N–H and O–H groups in total. The van der Waals surface area contributed by atoms with Crippen molar-refractivity contribution in [2.45, 2.75) is 46.2 Å². The molecule has 2 aliphatic rings. The summed E-state index contributed by atoms with van der Waals surface area (Å²) < 4.78 is 0. The van der Waals surface area contributed by atoms with Gasteiger partial charge >= 0.3 is 6.03 Å². The topological polar surface area (TPSA) is 35.6 Å². The molecule has 26 heavy (non-hydrogen) atoms. The third-order valence-electron chi connectivity index (χ3n) is 5.16. The molecule has 0 unspecified atom stereocenters. The van der Waals surface area contributed by atoms with E-state index in [0.717, 1.165) is 38.2 Å². The predicted octanol–water partition coefficient (Wildman–Crippen LogP) is 5.04. The molecule has 2 heterocycles. The number of nitrogens with one attached hydrogen (secondary N) is 1. The molecule has 0 saturated carbocycles. The van der Waals surface area contributed by atoms with E-state index in [0.29, 0.717) is 6.04 Å². The highest BCUT2D eigenvalue weighted by Crippen LogP contribution is 2.29. The third kappa shape index (κ3) is 3.85. The van der Waals surface area contributed by atoms with Crippen LogP contribution in [0.4, 0.5) is 16.2 Å². The number of anilines is 2. The van der Waals surface area contributed by atoms with Crippen molar-refractivity contribution in [1.29, 1.82) is 0 Å². The maximum atomic E-state index is 12.4. The van der Waals surface area contributed by atoms with Crippen molar-refractivity contribution in [2.24, 2.45) is 0 Å². The number of carbonyl (C=O) groups is 1. The molecule has 0 atom stereocenters. The van der Waals surface area contributed by atoms with Crippen molar-refractivity contribution in [3.8, 4) is 0 Å². The van der Waals surface area contributed by atoms with Gasteiger partial charge in [-0.15, -0.1) is 0 Å². The van der Waals surface area contributed by atoms with Crippen molar-refractivity contribution in [3.05, 3.63) is 59.7 Å². The molecule has 0 radical (unpaired) electrons. The molecular weight excluding hydrogens is 322 g/mol. The second-order valence-corrected chi connectivity index (χ2v) is 6.77. The van der Waals surface area contributed by atoms with E-state index in [1.165, 1.54) is 16.8 Å². The maximum absolute atomic E-state index is 12.4. The summed E-state index contributed by atoms with van der Waals surface area (Å²) in [5, 5.41) is 3.03. The molecule has 1 fully saturated rings. The summed E-state index contributed by atoms with van der Waals surface area (Å²) in [6.45, 7) is 8.83. The van der Waals surface area contributed by atoms with E-state index in [9.17, 15) is 4.79 Å². The summed E-state index contributed by atoms with van der Waals surface area (Å²) in [5.74, 6) is 0. The van der Waals surface area contributed by atoms with Crippen LogP contribution in [0.15, 0.2) is 48.5 Å². The highest BCUT2D eigenvalue weighted by molar-refractivity contribution is 5.92. The summed E-state index contributed by atoms with van der Waals surface area (Å²) in [6, 6.07) is 17.2. The van der Waals surface area contributed by atoms with Gasteiger partial charge in [-0.1, -0.05) is 49.7 Å². The molecule has 138 valence electrons. The average molecular weight is 351 g/mol. The van der Waals surface area contributed by atoms with Crippen LogP contribution in [0.1, 0.15) is 37.8 Å². The van der Waals surface area contributed by atoms with Gasteiger partial charge in [-0.05, 0) is 43.5 Å². The van der Waals surface area contributed by atoms with Crippen molar-refractivity contribution in [3.63, 3.8) is 0 Å². The summed E-state index contributed by atoms with van der Waals surface area (Å²) in [7, 11) is 0. The Morgan fingerprint density at radius 3 is 2.31 bits per heavy atom. The first kappa shape index (κ1) is 18.3. The zero-order valence-electron chi connectivity index (χ0n) is 16.0. The standard InChI is InChI=1S/C20H23N3O.C2H6/c1-15-6-8-17(9-7-15)22-12-10-18(11-13-22)23-14-16-4-2-3-5-19(16)21-20(23)24;1-2/h2-9,18H,10-14H2,1H3,(H,21,24);1-2H3. The Hall–Kier alpha value is -2.49. The van der Waals surface area contributed by atoms with E-state index < -0.39 is 0 Å². The van der Waals surface area contributed by atoms with Crippen molar-refractivity contribution < 1.29 is 4.79 Å². The minimum absolute atomic E-state index is 0.0440. The van der Waals surface area contributed by atoms with Crippen molar-refractivity contribution in [2.75, 3.05) is 23.3 Å². The van der Waals surface area contributed by atoms with Crippen LogP contribution in [0.2, 0.25) is 0 Å². The highest BCUT2D eigenvalue weighted by Gasteiger charge is 2.31. The molecule has 1 saturated heterocycles. The zero-order valence-corrected chi connectivity index (χ0v) is 16.0. The smallest absolute Gasteiger partial charge is 0.322 e. The summed E-state index contributed by atoms with van der Waals surface area (Å²) in [6.07, 6.45) is 2.03. The second kappa shape index (κ2) is 8.26. The number of rotatable bonds is 2. The van der Waals surface area contributed by atoms with E-state index >= 15 is 0 Å². The molecule has 4 nitrogen and oxygen atoms in total. The van der Waals surface area contributed by atoms with Gasteiger partial charge < -0.3 is 15.1 Å². The lowest BCUT2D eigenvalue weighted by Gasteiger charge is -2.41. The molecule has 0 aromatic heterocycles. The molecule has 2 aliphatic heterocycles. The van der Waals surface area contributed by atoms with Gasteiger partial charge in [0.2, 0.25) is 0 Å². The normalized spacial score (nSPS) is 17.1. The van der Waals surface area contributed by atoms with E-state index in [-0.39, 0.29) is 6.03 Å². The maximum Gasteiger partial charge on any atom is 0.322 e. The number of piperidine rings is 1. The summed E-state index contributed by atoms with van der Waals surface area (Å²) in [5.41, 5.74) is 4.73. The lowest BCUT2D eigenvalue weighted by Crippen LogP contribution is -2.50. The Kier molecular flexibility index (Phi) is 5.82. The van der Waals surface area contributed by atoms with Crippen LogP contribution >= 0.6 is 0 Å². The molecule has 2 amide bonds. The number of carbonyl (C=O) groups excluding carboxylic acids is 1. The number of para-hydroxylation sites is 1. The van der Waals surface area contributed by atoms with Gasteiger partial charge in [-0.2, -0.15) is 0 Å². The first-order chi connectivity index (χ1) is 12.7. The monoisotopic (exact) mass is 351 g/mol. The van der Waals surface area contributed by atoms with Crippen molar-refractivity contribution >= 4 is 17.4 Å². The third-order valence-corrected chi connectivity index (χ3v) is 5.16. The number of benzene rings is 2. The van der Waals surface area contributed by atoms with E-state index in [4.69, 9.17) is 0 Å². The molecule has 0 spiro atoms. The van der Waals surface area contributed by atoms with Gasteiger partial charge in [0.25, 0.3) is 0 Å². The van der Waals surface area contributed by atoms with E-state index in [1.54, 1.807) is 0 Å². The number of nitrogens with zero attached hydrogens (tertiary/aromatic N) is 2. The number of fused-ring (bicyclic) bond motifs is 1. The van der Waals surface area contributed by atoms with Crippen LogP contribution in [0, 0.1) is 6.92 Å². The summed E-state index contributed by atoms with van der Waals surface area (Å²) >= 11 is 0. The molecule has 0 bridgehead atoms. The predicted molar refractivity (Wildman–Crippen MR) is 109 cm³/mol. The molecular formula is C22H29N3O. The largest absolute Gasteiger partial charge is 0.371 e. The zero-order chi connectivity index (χ0) is 18.5. The fourth-order valence-electron chi connectivity index (χ4n) is 3.71. The number of amides is 2. The van der Waals surface area contributed by atoms with Gasteiger partial charge in [-0.25, -0.2) is 4.79 Å². The molecule has 0 aliphatic carbocycles.